The summed E-state index contributed by atoms with van der Waals surface area (Å²) in [4.78, 5) is 13.4. The van der Waals surface area contributed by atoms with Gasteiger partial charge in [-0.3, -0.25) is 0 Å². The van der Waals surface area contributed by atoms with Crippen LogP contribution in [0.4, 0.5) is 0 Å². The SMILES string of the molecule is COC(=O)C1c2ccsc2CCN1S(=O)(=O)c1cccc(Cl)c1C. The number of fused-ring (bicyclic) bond motifs is 1. The molecule has 2 heterocycles. The molecule has 0 bridgehead atoms. The van der Waals surface area contributed by atoms with Crippen molar-refractivity contribution in [3.05, 3.63) is 50.7 Å². The Labute approximate surface area is 149 Å². The van der Waals surface area contributed by atoms with Gasteiger partial charge in [-0.2, -0.15) is 4.31 Å². The van der Waals surface area contributed by atoms with Gasteiger partial charge in [-0.15, -0.1) is 11.3 Å². The molecule has 24 heavy (non-hydrogen) atoms. The third-order valence-electron chi connectivity index (χ3n) is 4.15. The number of benzene rings is 1. The first-order valence-corrected chi connectivity index (χ1v) is 9.98. The van der Waals surface area contributed by atoms with Crippen molar-refractivity contribution in [2.75, 3.05) is 13.7 Å². The van der Waals surface area contributed by atoms with E-state index < -0.39 is 22.0 Å². The van der Waals surface area contributed by atoms with Crippen LogP contribution in [0.1, 0.15) is 22.0 Å². The molecule has 128 valence electrons. The zero-order valence-corrected chi connectivity index (χ0v) is 15.5. The molecule has 8 heteroatoms. The van der Waals surface area contributed by atoms with Gasteiger partial charge in [0, 0.05) is 16.4 Å². The summed E-state index contributed by atoms with van der Waals surface area (Å²) in [5, 5.41) is 2.24. The number of hydrogen-bond donors (Lipinski definition) is 0. The molecular formula is C16H16ClNO4S2. The minimum Gasteiger partial charge on any atom is -0.468 e. The average molecular weight is 386 g/mol. The third kappa shape index (κ3) is 2.75. The number of rotatable bonds is 3. The van der Waals surface area contributed by atoms with Gasteiger partial charge in [0.1, 0.15) is 6.04 Å². The van der Waals surface area contributed by atoms with E-state index in [1.54, 1.807) is 25.1 Å². The first-order chi connectivity index (χ1) is 11.4. The fourth-order valence-electron chi connectivity index (χ4n) is 2.90. The molecule has 2 aromatic rings. The van der Waals surface area contributed by atoms with Crippen molar-refractivity contribution in [2.45, 2.75) is 24.3 Å². The molecule has 0 amide bonds. The summed E-state index contributed by atoms with van der Waals surface area (Å²) in [6.07, 6.45) is 0.569. The van der Waals surface area contributed by atoms with Crippen LogP contribution in [0.25, 0.3) is 0 Å². The zero-order chi connectivity index (χ0) is 17.5. The van der Waals surface area contributed by atoms with Crippen LogP contribution in [0.5, 0.6) is 0 Å². The van der Waals surface area contributed by atoms with Crippen LogP contribution in [0.3, 0.4) is 0 Å². The van der Waals surface area contributed by atoms with Gasteiger partial charge in [-0.05, 0) is 48.1 Å². The lowest BCUT2D eigenvalue weighted by molar-refractivity contribution is -0.145. The molecule has 0 radical (unpaired) electrons. The van der Waals surface area contributed by atoms with Crippen LogP contribution in [-0.4, -0.2) is 32.3 Å². The number of hydrogen-bond acceptors (Lipinski definition) is 5. The van der Waals surface area contributed by atoms with E-state index in [9.17, 15) is 13.2 Å². The predicted molar refractivity (Wildman–Crippen MR) is 92.9 cm³/mol. The molecule has 0 aliphatic carbocycles. The van der Waals surface area contributed by atoms with Gasteiger partial charge in [0.25, 0.3) is 0 Å². The van der Waals surface area contributed by atoms with Gasteiger partial charge in [0.15, 0.2) is 0 Å². The van der Waals surface area contributed by atoms with Gasteiger partial charge >= 0.3 is 5.97 Å². The number of methoxy groups -OCH3 is 1. The molecular weight excluding hydrogens is 370 g/mol. The Morgan fingerprint density at radius 1 is 1.38 bits per heavy atom. The van der Waals surface area contributed by atoms with E-state index in [4.69, 9.17) is 16.3 Å². The minimum absolute atomic E-state index is 0.114. The highest BCUT2D eigenvalue weighted by atomic mass is 35.5. The van der Waals surface area contributed by atoms with E-state index in [1.807, 2.05) is 5.38 Å². The lowest BCUT2D eigenvalue weighted by atomic mass is 10.0. The Hall–Kier alpha value is -1.41. The molecule has 0 spiro atoms. The number of esters is 1. The van der Waals surface area contributed by atoms with Crippen LogP contribution in [0.2, 0.25) is 5.02 Å². The van der Waals surface area contributed by atoms with Crippen molar-refractivity contribution in [3.8, 4) is 0 Å². The lowest BCUT2D eigenvalue weighted by Gasteiger charge is -2.33. The molecule has 1 atom stereocenters. The first kappa shape index (κ1) is 17.4. The number of halogens is 1. The van der Waals surface area contributed by atoms with Crippen molar-refractivity contribution < 1.29 is 17.9 Å². The van der Waals surface area contributed by atoms with E-state index in [0.29, 0.717) is 22.6 Å². The molecule has 1 aliphatic rings. The summed E-state index contributed by atoms with van der Waals surface area (Å²) in [6.45, 7) is 1.88. The number of carbonyl (C=O) groups is 1. The highest BCUT2D eigenvalue weighted by Crippen LogP contribution is 2.38. The van der Waals surface area contributed by atoms with Crippen LogP contribution in [0, 0.1) is 6.92 Å². The zero-order valence-electron chi connectivity index (χ0n) is 13.2. The normalized spacial score (nSPS) is 18.2. The Morgan fingerprint density at radius 2 is 2.12 bits per heavy atom. The molecule has 0 fully saturated rings. The molecule has 1 aliphatic heterocycles. The second-order valence-corrected chi connectivity index (χ2v) is 8.72. The quantitative estimate of drug-likeness (QED) is 0.761. The highest BCUT2D eigenvalue weighted by Gasteiger charge is 2.42. The van der Waals surface area contributed by atoms with Crippen LogP contribution >= 0.6 is 22.9 Å². The predicted octanol–water partition coefficient (Wildman–Crippen LogP) is 3.17. The summed E-state index contributed by atoms with van der Waals surface area (Å²) in [5.74, 6) is -0.586. The smallest absolute Gasteiger partial charge is 0.328 e. The summed E-state index contributed by atoms with van der Waals surface area (Å²) >= 11 is 7.60. The molecule has 1 aromatic carbocycles. The molecule has 0 saturated heterocycles. The van der Waals surface area contributed by atoms with Crippen LogP contribution < -0.4 is 0 Å². The fourth-order valence-corrected chi connectivity index (χ4v) is 5.85. The molecule has 5 nitrogen and oxygen atoms in total. The van der Waals surface area contributed by atoms with Crippen molar-refractivity contribution in [1.82, 2.24) is 4.31 Å². The Bertz CT molecular complexity index is 891. The second-order valence-electron chi connectivity index (χ2n) is 5.45. The van der Waals surface area contributed by atoms with Gasteiger partial charge < -0.3 is 4.74 Å². The van der Waals surface area contributed by atoms with Gasteiger partial charge in [0.2, 0.25) is 10.0 Å². The van der Waals surface area contributed by atoms with E-state index in [1.165, 1.54) is 28.8 Å². The Kier molecular flexibility index (Phi) is 4.70. The minimum atomic E-state index is -3.89. The van der Waals surface area contributed by atoms with E-state index >= 15 is 0 Å². The molecule has 0 saturated carbocycles. The molecule has 1 unspecified atom stereocenters. The number of sulfonamides is 1. The summed E-state index contributed by atoms with van der Waals surface area (Å²) in [7, 11) is -2.63. The summed E-state index contributed by atoms with van der Waals surface area (Å²) in [5.41, 5.74) is 1.17. The Morgan fingerprint density at radius 3 is 2.83 bits per heavy atom. The number of carbonyl (C=O) groups excluding carboxylic acids is 1. The van der Waals surface area contributed by atoms with Crippen molar-refractivity contribution in [2.24, 2.45) is 0 Å². The number of ether oxygens (including phenoxy) is 1. The summed E-state index contributed by atoms with van der Waals surface area (Å²) < 4.78 is 32.5. The summed E-state index contributed by atoms with van der Waals surface area (Å²) in [6, 6.07) is 5.56. The van der Waals surface area contributed by atoms with Crippen LogP contribution in [0.15, 0.2) is 34.5 Å². The highest BCUT2D eigenvalue weighted by molar-refractivity contribution is 7.89. The lowest BCUT2D eigenvalue weighted by Crippen LogP contribution is -2.43. The first-order valence-electron chi connectivity index (χ1n) is 7.29. The maximum Gasteiger partial charge on any atom is 0.328 e. The topological polar surface area (TPSA) is 63.7 Å². The van der Waals surface area contributed by atoms with Gasteiger partial charge in [0.05, 0.1) is 12.0 Å². The monoisotopic (exact) mass is 385 g/mol. The van der Waals surface area contributed by atoms with Crippen molar-refractivity contribution in [3.63, 3.8) is 0 Å². The fraction of sp³-hybridized carbons (Fsp3) is 0.312. The van der Waals surface area contributed by atoms with E-state index in [-0.39, 0.29) is 11.4 Å². The number of nitrogens with zero attached hydrogens (tertiary/aromatic N) is 1. The standard InChI is InChI=1S/C16H16ClNO4S2/c1-10-12(17)4-3-5-14(10)24(20,21)18-8-6-13-11(7-9-23-13)15(18)16(19)22-2/h3-5,7,9,15H,6,8H2,1-2H3. The maximum atomic E-state index is 13.2. The van der Waals surface area contributed by atoms with E-state index in [0.717, 1.165) is 4.88 Å². The van der Waals surface area contributed by atoms with Crippen LogP contribution in [-0.2, 0) is 26.0 Å². The third-order valence-corrected chi connectivity index (χ3v) is 7.57. The van der Waals surface area contributed by atoms with Gasteiger partial charge in [-0.25, -0.2) is 13.2 Å². The number of thiophene rings is 1. The van der Waals surface area contributed by atoms with Gasteiger partial charge in [-0.1, -0.05) is 17.7 Å². The largest absolute Gasteiger partial charge is 0.468 e. The second kappa shape index (κ2) is 6.48. The molecule has 3 rings (SSSR count). The maximum absolute atomic E-state index is 13.2. The Balaban J connectivity index is 2.13. The van der Waals surface area contributed by atoms with E-state index in [2.05, 4.69) is 0 Å². The molecule has 1 aromatic heterocycles. The molecule has 0 N–H and O–H groups in total. The van der Waals surface area contributed by atoms with Crippen molar-refractivity contribution in [1.29, 1.82) is 0 Å². The van der Waals surface area contributed by atoms with Crippen molar-refractivity contribution >= 4 is 38.9 Å². The average Bonchev–Trinajstić information content (AvgIpc) is 3.04.